The van der Waals surface area contributed by atoms with Crippen LogP contribution in [0.25, 0.3) is 0 Å². The van der Waals surface area contributed by atoms with E-state index < -0.39 is 0 Å². The SMILES string of the molecule is C=CCn1c(SCC(=O)N(CC)c2ccccc2)nnc1C(C)Oc1cccc(OC)c1. The molecule has 3 rings (SSSR count). The minimum Gasteiger partial charge on any atom is -0.497 e. The Morgan fingerprint density at radius 3 is 2.62 bits per heavy atom. The summed E-state index contributed by atoms with van der Waals surface area (Å²) in [5, 5.41) is 9.30. The molecule has 168 valence electrons. The molecule has 1 aromatic heterocycles. The molecule has 2 aromatic carbocycles. The van der Waals surface area contributed by atoms with E-state index >= 15 is 0 Å². The summed E-state index contributed by atoms with van der Waals surface area (Å²) >= 11 is 1.36. The lowest BCUT2D eigenvalue weighted by molar-refractivity contribution is -0.116. The van der Waals surface area contributed by atoms with E-state index in [1.807, 2.05) is 73.0 Å². The van der Waals surface area contributed by atoms with Crippen molar-refractivity contribution < 1.29 is 14.3 Å². The Balaban J connectivity index is 1.72. The molecule has 0 bridgehead atoms. The fraction of sp³-hybridized carbons (Fsp3) is 0.292. The Hall–Kier alpha value is -3.26. The molecule has 0 fully saturated rings. The highest BCUT2D eigenvalue weighted by atomic mass is 32.2. The minimum absolute atomic E-state index is 0.0130. The van der Waals surface area contributed by atoms with Gasteiger partial charge in [0.05, 0.1) is 12.9 Å². The van der Waals surface area contributed by atoms with Crippen LogP contribution in [0, 0.1) is 0 Å². The van der Waals surface area contributed by atoms with E-state index in [0.29, 0.717) is 29.8 Å². The van der Waals surface area contributed by atoms with E-state index in [-0.39, 0.29) is 17.8 Å². The summed E-state index contributed by atoms with van der Waals surface area (Å²) in [7, 11) is 1.62. The maximum atomic E-state index is 12.9. The van der Waals surface area contributed by atoms with Crippen LogP contribution in [0.15, 0.2) is 72.4 Å². The molecule has 0 aliphatic heterocycles. The van der Waals surface area contributed by atoms with Gasteiger partial charge in [0.25, 0.3) is 0 Å². The molecule has 0 aliphatic carbocycles. The minimum atomic E-state index is -0.351. The first-order chi connectivity index (χ1) is 15.6. The molecule has 0 saturated carbocycles. The maximum absolute atomic E-state index is 12.9. The largest absolute Gasteiger partial charge is 0.497 e. The lowest BCUT2D eigenvalue weighted by atomic mass is 10.3. The topological polar surface area (TPSA) is 69.5 Å². The Morgan fingerprint density at radius 2 is 1.94 bits per heavy atom. The van der Waals surface area contributed by atoms with Gasteiger partial charge in [-0.2, -0.15) is 0 Å². The average Bonchev–Trinajstić information content (AvgIpc) is 3.22. The van der Waals surface area contributed by atoms with Gasteiger partial charge in [0.2, 0.25) is 5.91 Å². The normalized spacial score (nSPS) is 11.6. The Labute approximate surface area is 193 Å². The smallest absolute Gasteiger partial charge is 0.237 e. The highest BCUT2D eigenvalue weighted by Gasteiger charge is 2.21. The molecular formula is C24H28N4O3S. The zero-order valence-corrected chi connectivity index (χ0v) is 19.4. The van der Waals surface area contributed by atoms with Crippen LogP contribution in [-0.2, 0) is 11.3 Å². The standard InChI is InChI=1S/C24H28N4O3S/c1-5-15-28-23(18(3)31-21-14-10-13-20(16-21)30-4)25-26-24(28)32-17-22(29)27(6-2)19-11-8-7-9-12-19/h5,7-14,16,18H,1,6,15,17H2,2-4H3. The number of para-hydroxylation sites is 1. The predicted molar refractivity (Wildman–Crippen MR) is 127 cm³/mol. The van der Waals surface area contributed by atoms with Crippen LogP contribution in [0.1, 0.15) is 25.8 Å². The number of benzene rings is 2. The number of hydrogen-bond donors (Lipinski definition) is 0. The highest BCUT2D eigenvalue weighted by molar-refractivity contribution is 7.99. The number of carbonyl (C=O) groups excluding carboxylic acids is 1. The van der Waals surface area contributed by atoms with Crippen molar-refractivity contribution in [2.24, 2.45) is 0 Å². The van der Waals surface area contributed by atoms with Crippen molar-refractivity contribution in [1.82, 2.24) is 14.8 Å². The molecular weight excluding hydrogens is 424 g/mol. The number of carbonyl (C=O) groups is 1. The van der Waals surface area contributed by atoms with Crippen LogP contribution >= 0.6 is 11.8 Å². The molecule has 1 heterocycles. The summed E-state index contributed by atoms with van der Waals surface area (Å²) in [5.74, 6) is 2.33. The molecule has 1 unspecified atom stereocenters. The quantitative estimate of drug-likeness (QED) is 0.309. The van der Waals surface area contributed by atoms with E-state index in [2.05, 4.69) is 16.8 Å². The maximum Gasteiger partial charge on any atom is 0.237 e. The molecule has 32 heavy (non-hydrogen) atoms. The van der Waals surface area contributed by atoms with Crippen LogP contribution in [0.3, 0.4) is 0 Å². The number of rotatable bonds is 11. The first-order valence-corrected chi connectivity index (χ1v) is 11.4. The molecule has 0 radical (unpaired) electrons. The number of ether oxygens (including phenoxy) is 2. The van der Waals surface area contributed by atoms with Gasteiger partial charge in [-0.1, -0.05) is 42.1 Å². The summed E-state index contributed by atoms with van der Waals surface area (Å²) in [4.78, 5) is 14.6. The second-order valence-electron chi connectivity index (χ2n) is 6.94. The van der Waals surface area contributed by atoms with Crippen LogP contribution in [-0.4, -0.2) is 40.1 Å². The highest BCUT2D eigenvalue weighted by Crippen LogP contribution is 2.27. The van der Waals surface area contributed by atoms with Gasteiger partial charge in [-0.25, -0.2) is 0 Å². The number of aromatic nitrogens is 3. The van der Waals surface area contributed by atoms with Crippen LogP contribution in [0.2, 0.25) is 0 Å². The van der Waals surface area contributed by atoms with Gasteiger partial charge in [-0.3, -0.25) is 9.36 Å². The van der Waals surface area contributed by atoms with Crippen molar-refractivity contribution in [1.29, 1.82) is 0 Å². The van der Waals surface area contributed by atoms with Crippen molar-refractivity contribution in [2.75, 3.05) is 24.3 Å². The van der Waals surface area contributed by atoms with Crippen LogP contribution in [0.4, 0.5) is 5.69 Å². The van der Waals surface area contributed by atoms with Crippen molar-refractivity contribution >= 4 is 23.4 Å². The van der Waals surface area contributed by atoms with Crippen molar-refractivity contribution in [2.45, 2.75) is 31.7 Å². The van der Waals surface area contributed by atoms with Gasteiger partial charge >= 0.3 is 0 Å². The molecule has 0 aliphatic rings. The molecule has 0 N–H and O–H groups in total. The fourth-order valence-corrected chi connectivity index (χ4v) is 4.09. The Kier molecular flexibility index (Phi) is 8.33. The first kappa shape index (κ1) is 23.4. The zero-order chi connectivity index (χ0) is 22.9. The summed E-state index contributed by atoms with van der Waals surface area (Å²) < 4.78 is 13.2. The third-order valence-corrected chi connectivity index (χ3v) is 5.74. The summed E-state index contributed by atoms with van der Waals surface area (Å²) in [6, 6.07) is 17.1. The number of nitrogens with zero attached hydrogens (tertiary/aromatic N) is 4. The van der Waals surface area contributed by atoms with Gasteiger partial charge in [0, 0.05) is 24.8 Å². The third kappa shape index (κ3) is 5.70. The average molecular weight is 453 g/mol. The molecule has 3 aromatic rings. The number of anilines is 1. The summed E-state index contributed by atoms with van der Waals surface area (Å²) in [6.07, 6.45) is 1.43. The third-order valence-electron chi connectivity index (χ3n) is 4.78. The van der Waals surface area contributed by atoms with Crippen LogP contribution in [0.5, 0.6) is 11.5 Å². The van der Waals surface area contributed by atoms with Gasteiger partial charge in [-0.05, 0) is 38.1 Å². The second-order valence-corrected chi connectivity index (χ2v) is 7.88. The first-order valence-electron chi connectivity index (χ1n) is 10.4. The monoisotopic (exact) mass is 452 g/mol. The molecule has 0 saturated heterocycles. The predicted octanol–water partition coefficient (Wildman–Crippen LogP) is 4.76. The van der Waals surface area contributed by atoms with Crippen molar-refractivity contribution in [3.63, 3.8) is 0 Å². The lowest BCUT2D eigenvalue weighted by Gasteiger charge is -2.21. The van der Waals surface area contributed by atoms with Crippen molar-refractivity contribution in [3.8, 4) is 11.5 Å². The van der Waals surface area contributed by atoms with E-state index in [9.17, 15) is 4.79 Å². The molecule has 8 heteroatoms. The zero-order valence-electron chi connectivity index (χ0n) is 18.6. The number of hydrogen-bond acceptors (Lipinski definition) is 6. The number of methoxy groups -OCH3 is 1. The van der Waals surface area contributed by atoms with E-state index in [1.54, 1.807) is 18.1 Å². The van der Waals surface area contributed by atoms with Gasteiger partial charge in [0.15, 0.2) is 17.1 Å². The van der Waals surface area contributed by atoms with Crippen molar-refractivity contribution in [3.05, 3.63) is 73.1 Å². The lowest BCUT2D eigenvalue weighted by Crippen LogP contribution is -2.32. The number of thioether (sulfide) groups is 1. The summed E-state index contributed by atoms with van der Waals surface area (Å²) in [6.45, 7) is 8.83. The van der Waals surface area contributed by atoms with Crippen LogP contribution < -0.4 is 14.4 Å². The Morgan fingerprint density at radius 1 is 1.19 bits per heavy atom. The molecule has 1 amide bonds. The molecule has 0 spiro atoms. The summed E-state index contributed by atoms with van der Waals surface area (Å²) in [5.41, 5.74) is 0.883. The molecule has 7 nitrogen and oxygen atoms in total. The van der Waals surface area contributed by atoms with E-state index in [1.165, 1.54) is 11.8 Å². The number of amides is 1. The van der Waals surface area contributed by atoms with Gasteiger partial charge in [0.1, 0.15) is 11.5 Å². The fourth-order valence-electron chi connectivity index (χ4n) is 3.25. The van der Waals surface area contributed by atoms with Gasteiger partial charge in [-0.15, -0.1) is 16.8 Å². The van der Waals surface area contributed by atoms with Gasteiger partial charge < -0.3 is 14.4 Å². The Bertz CT molecular complexity index is 1040. The van der Waals surface area contributed by atoms with E-state index in [4.69, 9.17) is 9.47 Å². The van der Waals surface area contributed by atoms with E-state index in [0.717, 1.165) is 11.4 Å². The second kappa shape index (κ2) is 11.4. The molecule has 1 atom stereocenters. The number of allylic oxidation sites excluding steroid dienone is 1.